The number of nitrogens with one attached hydrogen (secondary N) is 1. The second-order valence-corrected chi connectivity index (χ2v) is 5.88. The molecule has 1 N–H and O–H groups in total. The minimum Gasteiger partial charge on any atom is -0.250 e. The number of benzene rings is 2. The highest BCUT2D eigenvalue weighted by molar-refractivity contribution is 7.89. The number of alkyl halides is 1. The third-order valence-corrected chi connectivity index (χ3v) is 4.28. The highest BCUT2D eigenvalue weighted by Crippen LogP contribution is 2.25. The van der Waals surface area contributed by atoms with Crippen molar-refractivity contribution in [2.24, 2.45) is 0 Å². The highest BCUT2D eigenvalue weighted by atomic mass is 35.5. The summed E-state index contributed by atoms with van der Waals surface area (Å²) in [5.41, 5.74) is 0. The fourth-order valence-electron chi connectivity index (χ4n) is 1.65. The van der Waals surface area contributed by atoms with Crippen molar-refractivity contribution in [3.05, 3.63) is 41.4 Å². The quantitative estimate of drug-likeness (QED) is 0.940. The van der Waals surface area contributed by atoms with Crippen LogP contribution in [0.4, 0.5) is 4.39 Å². The molecule has 2 aromatic carbocycles. The van der Waals surface area contributed by atoms with Crippen molar-refractivity contribution in [2.45, 2.75) is 4.90 Å². The van der Waals surface area contributed by atoms with Crippen molar-refractivity contribution >= 4 is 32.4 Å². The summed E-state index contributed by atoms with van der Waals surface area (Å²) in [5, 5.41) is 2.07. The molecule has 0 aliphatic carbocycles. The molecule has 0 aromatic heterocycles. The molecular formula is C12H11ClFNO2S. The normalized spacial score (nSPS) is 11.9. The van der Waals surface area contributed by atoms with Gasteiger partial charge in [-0.2, -0.15) is 0 Å². The number of fused-ring (bicyclic) bond motifs is 1. The van der Waals surface area contributed by atoms with Crippen LogP contribution in [0.25, 0.3) is 10.8 Å². The lowest BCUT2D eigenvalue weighted by Crippen LogP contribution is -2.25. The second kappa shape index (κ2) is 5.22. The molecule has 0 saturated heterocycles. The molecule has 0 amide bonds. The molecule has 0 heterocycles. The standard InChI is InChI=1S/C12H11ClFNO2S/c13-12-3-1-2-9-8-10(4-5-11(9)12)18(16,17)15-7-6-14/h1-5,8,15H,6-7H2. The highest BCUT2D eigenvalue weighted by Gasteiger charge is 2.13. The van der Waals surface area contributed by atoms with E-state index in [1.165, 1.54) is 12.1 Å². The van der Waals surface area contributed by atoms with Gasteiger partial charge in [0.25, 0.3) is 0 Å². The Bertz CT molecular complexity index is 673. The molecule has 2 rings (SSSR count). The first kappa shape index (κ1) is 13.3. The first-order valence-corrected chi connectivity index (χ1v) is 7.14. The molecule has 6 heteroatoms. The molecule has 0 saturated carbocycles. The lowest BCUT2D eigenvalue weighted by atomic mass is 10.1. The smallest absolute Gasteiger partial charge is 0.240 e. The van der Waals surface area contributed by atoms with E-state index in [4.69, 9.17) is 11.6 Å². The van der Waals surface area contributed by atoms with E-state index in [1.54, 1.807) is 24.3 Å². The van der Waals surface area contributed by atoms with Crippen LogP contribution >= 0.6 is 11.6 Å². The summed E-state index contributed by atoms with van der Waals surface area (Å²) in [5.74, 6) is 0. The van der Waals surface area contributed by atoms with E-state index in [-0.39, 0.29) is 11.4 Å². The number of hydrogen-bond donors (Lipinski definition) is 1. The molecular weight excluding hydrogens is 277 g/mol. The molecule has 0 radical (unpaired) electrons. The minimum absolute atomic E-state index is 0.103. The zero-order chi connectivity index (χ0) is 13.2. The first-order chi connectivity index (χ1) is 8.54. The molecule has 0 spiro atoms. The van der Waals surface area contributed by atoms with Crippen LogP contribution in [0.5, 0.6) is 0 Å². The number of rotatable bonds is 4. The molecule has 0 aliphatic rings. The molecule has 0 bridgehead atoms. The molecule has 0 atom stereocenters. The largest absolute Gasteiger partial charge is 0.250 e. The van der Waals surface area contributed by atoms with Gasteiger partial charge in [-0.3, -0.25) is 0 Å². The van der Waals surface area contributed by atoms with Gasteiger partial charge in [0.05, 0.1) is 4.90 Å². The van der Waals surface area contributed by atoms with E-state index >= 15 is 0 Å². The van der Waals surface area contributed by atoms with Gasteiger partial charge >= 0.3 is 0 Å². The van der Waals surface area contributed by atoms with Gasteiger partial charge < -0.3 is 0 Å². The predicted molar refractivity (Wildman–Crippen MR) is 70.1 cm³/mol. The summed E-state index contributed by atoms with van der Waals surface area (Å²) >= 11 is 5.99. The summed E-state index contributed by atoms with van der Waals surface area (Å²) in [7, 11) is -3.66. The molecule has 0 unspecified atom stereocenters. The van der Waals surface area contributed by atoms with Crippen LogP contribution in [-0.4, -0.2) is 21.6 Å². The number of sulfonamides is 1. The van der Waals surface area contributed by atoms with E-state index < -0.39 is 16.7 Å². The van der Waals surface area contributed by atoms with Gasteiger partial charge in [-0.15, -0.1) is 0 Å². The third kappa shape index (κ3) is 2.63. The Morgan fingerprint density at radius 2 is 2.00 bits per heavy atom. The average Bonchev–Trinajstić information content (AvgIpc) is 2.36. The monoisotopic (exact) mass is 287 g/mol. The SMILES string of the molecule is O=S(=O)(NCCF)c1ccc2c(Cl)cccc2c1. The lowest BCUT2D eigenvalue weighted by molar-refractivity contribution is 0.486. The van der Waals surface area contributed by atoms with Gasteiger partial charge in [0.15, 0.2) is 0 Å². The van der Waals surface area contributed by atoms with E-state index in [0.717, 1.165) is 10.8 Å². The van der Waals surface area contributed by atoms with E-state index in [9.17, 15) is 12.8 Å². The fraction of sp³-hybridized carbons (Fsp3) is 0.167. The Kier molecular flexibility index (Phi) is 3.85. The summed E-state index contributed by atoms with van der Waals surface area (Å²) in [4.78, 5) is 0.103. The Hall–Kier alpha value is -1.17. The summed E-state index contributed by atoms with van der Waals surface area (Å²) in [6.07, 6.45) is 0. The molecule has 18 heavy (non-hydrogen) atoms. The Morgan fingerprint density at radius 3 is 2.72 bits per heavy atom. The minimum atomic E-state index is -3.66. The van der Waals surface area contributed by atoms with Crippen LogP contribution in [0.15, 0.2) is 41.3 Å². The van der Waals surface area contributed by atoms with Crippen LogP contribution in [0, 0.1) is 0 Å². The van der Waals surface area contributed by atoms with Gasteiger partial charge in [-0.1, -0.05) is 29.8 Å². The van der Waals surface area contributed by atoms with Crippen molar-refractivity contribution in [3.63, 3.8) is 0 Å². The summed E-state index contributed by atoms with van der Waals surface area (Å²) in [6, 6.07) is 9.86. The van der Waals surface area contributed by atoms with E-state index in [0.29, 0.717) is 5.02 Å². The van der Waals surface area contributed by atoms with Gasteiger partial charge in [0, 0.05) is 17.0 Å². The van der Waals surface area contributed by atoms with Gasteiger partial charge in [0.1, 0.15) is 6.67 Å². The van der Waals surface area contributed by atoms with E-state index in [1.807, 2.05) is 0 Å². The lowest BCUT2D eigenvalue weighted by Gasteiger charge is -2.07. The number of hydrogen-bond acceptors (Lipinski definition) is 2. The van der Waals surface area contributed by atoms with Gasteiger partial charge in [0.2, 0.25) is 10.0 Å². The van der Waals surface area contributed by atoms with Crippen molar-refractivity contribution < 1.29 is 12.8 Å². The van der Waals surface area contributed by atoms with Gasteiger partial charge in [-0.25, -0.2) is 17.5 Å². The third-order valence-electron chi connectivity index (χ3n) is 2.50. The van der Waals surface area contributed by atoms with Crippen molar-refractivity contribution in [1.29, 1.82) is 0 Å². The Morgan fingerprint density at radius 1 is 1.22 bits per heavy atom. The van der Waals surface area contributed by atoms with Crippen molar-refractivity contribution in [3.8, 4) is 0 Å². The maximum absolute atomic E-state index is 12.0. The van der Waals surface area contributed by atoms with Crippen LogP contribution in [0.3, 0.4) is 0 Å². The van der Waals surface area contributed by atoms with Crippen molar-refractivity contribution in [2.75, 3.05) is 13.2 Å². The van der Waals surface area contributed by atoms with Crippen LogP contribution in [0.2, 0.25) is 5.02 Å². The maximum Gasteiger partial charge on any atom is 0.240 e. The zero-order valence-electron chi connectivity index (χ0n) is 9.36. The van der Waals surface area contributed by atoms with E-state index in [2.05, 4.69) is 4.72 Å². The maximum atomic E-state index is 12.0. The van der Waals surface area contributed by atoms with Crippen LogP contribution in [-0.2, 0) is 10.0 Å². The Labute approximate surface area is 110 Å². The predicted octanol–water partition coefficient (Wildman–Crippen LogP) is 2.74. The second-order valence-electron chi connectivity index (χ2n) is 3.71. The molecule has 2 aromatic rings. The van der Waals surface area contributed by atoms with Crippen LogP contribution in [0.1, 0.15) is 0 Å². The summed E-state index contributed by atoms with van der Waals surface area (Å²) < 4.78 is 37.8. The molecule has 3 nitrogen and oxygen atoms in total. The molecule has 0 aliphatic heterocycles. The molecule has 96 valence electrons. The summed E-state index contributed by atoms with van der Waals surface area (Å²) in [6.45, 7) is -0.964. The fourth-order valence-corrected chi connectivity index (χ4v) is 2.93. The first-order valence-electron chi connectivity index (χ1n) is 5.28. The zero-order valence-corrected chi connectivity index (χ0v) is 10.9. The topological polar surface area (TPSA) is 46.2 Å². The average molecular weight is 288 g/mol. The van der Waals surface area contributed by atoms with Gasteiger partial charge in [-0.05, 0) is 23.6 Å². The Balaban J connectivity index is 2.48. The molecule has 0 fully saturated rings. The van der Waals surface area contributed by atoms with Crippen molar-refractivity contribution in [1.82, 2.24) is 4.72 Å². The number of halogens is 2. The van der Waals surface area contributed by atoms with Crippen LogP contribution < -0.4 is 4.72 Å².